The van der Waals surface area contributed by atoms with Gasteiger partial charge in [-0.3, -0.25) is 4.98 Å². The lowest BCUT2D eigenvalue weighted by atomic mass is 9.87. The molecule has 0 amide bonds. The summed E-state index contributed by atoms with van der Waals surface area (Å²) in [7, 11) is 2.03. The molecule has 2 aliphatic rings. The summed E-state index contributed by atoms with van der Waals surface area (Å²) in [6.45, 7) is 12.6. The van der Waals surface area contributed by atoms with Gasteiger partial charge in [-0.15, -0.1) is 0 Å². The van der Waals surface area contributed by atoms with Gasteiger partial charge in [0.15, 0.2) is 0 Å². The van der Waals surface area contributed by atoms with Crippen LogP contribution in [0.25, 0.3) is 11.3 Å². The summed E-state index contributed by atoms with van der Waals surface area (Å²) < 4.78 is 0. The summed E-state index contributed by atoms with van der Waals surface area (Å²) in [6.07, 6.45) is 7.84. The van der Waals surface area contributed by atoms with Gasteiger partial charge in [0, 0.05) is 54.7 Å². The normalized spacial score (nSPS) is 19.4. The Labute approximate surface area is 183 Å². The van der Waals surface area contributed by atoms with Crippen LogP contribution in [0, 0.1) is 12.8 Å². The Hall–Kier alpha value is -2.85. The molecule has 4 nitrogen and oxygen atoms in total. The van der Waals surface area contributed by atoms with Gasteiger partial charge in [0.2, 0.25) is 5.96 Å². The fourth-order valence-corrected chi connectivity index (χ4v) is 4.19. The fraction of sp³-hybridized carbons (Fsp3) is 0.280. The molecule has 0 bridgehead atoms. The van der Waals surface area contributed by atoms with E-state index in [0.29, 0.717) is 5.92 Å². The number of benzene rings is 1. The monoisotopic (exact) mass is 418 g/mol. The third-order valence-electron chi connectivity index (χ3n) is 5.96. The van der Waals surface area contributed by atoms with Crippen molar-refractivity contribution in [1.82, 2.24) is 14.8 Å². The second kappa shape index (κ2) is 8.49. The topological polar surface area (TPSA) is 31.7 Å². The first kappa shape index (κ1) is 20.4. The van der Waals surface area contributed by atoms with Crippen LogP contribution in [0.5, 0.6) is 0 Å². The largest absolute Gasteiger partial charge is 0.342 e. The molecule has 30 heavy (non-hydrogen) atoms. The maximum Gasteiger partial charge on any atom is 0.206 e. The van der Waals surface area contributed by atoms with E-state index >= 15 is 0 Å². The van der Waals surface area contributed by atoms with Gasteiger partial charge in [-0.1, -0.05) is 36.9 Å². The van der Waals surface area contributed by atoms with Crippen LogP contribution in [0.1, 0.15) is 29.5 Å². The highest BCUT2D eigenvalue weighted by molar-refractivity contribution is 6.31. The number of hydrogen-bond acceptors (Lipinski definition) is 4. The number of guanidine groups is 1. The standard InChI is InChI=1S/C25H27ClN4/c1-17-14-21(7-8-23(17)26)19(3)22-6-5-13-30(16-22)25-28-24(15-18(2)29(25)4)20-9-11-27-12-10-20/h7-12,14-15,22H,2-3,5-6,13,16H2,1,4H3. The Bertz CT molecular complexity index is 1040. The smallest absolute Gasteiger partial charge is 0.206 e. The van der Waals surface area contributed by atoms with Gasteiger partial charge in [0.25, 0.3) is 0 Å². The number of rotatable bonds is 3. The Kier molecular flexibility index (Phi) is 5.78. The van der Waals surface area contributed by atoms with Gasteiger partial charge in [0.1, 0.15) is 0 Å². The van der Waals surface area contributed by atoms with Crippen molar-refractivity contribution < 1.29 is 0 Å². The summed E-state index contributed by atoms with van der Waals surface area (Å²) in [5, 5.41) is 0.795. The van der Waals surface area contributed by atoms with E-state index in [-0.39, 0.29) is 0 Å². The van der Waals surface area contributed by atoms with Crippen LogP contribution in [0.3, 0.4) is 0 Å². The average Bonchev–Trinajstić information content (AvgIpc) is 2.77. The first-order valence-electron chi connectivity index (χ1n) is 10.3. The summed E-state index contributed by atoms with van der Waals surface area (Å²) in [4.78, 5) is 13.5. The van der Waals surface area contributed by atoms with Crippen LogP contribution in [0.2, 0.25) is 5.02 Å². The first-order chi connectivity index (χ1) is 14.4. The lowest BCUT2D eigenvalue weighted by Gasteiger charge is -2.40. The number of halogens is 1. The Morgan fingerprint density at radius 1 is 1.20 bits per heavy atom. The van der Waals surface area contributed by atoms with E-state index in [2.05, 4.69) is 40.1 Å². The van der Waals surface area contributed by atoms with Crippen molar-refractivity contribution in [2.24, 2.45) is 10.9 Å². The van der Waals surface area contributed by atoms with E-state index in [4.69, 9.17) is 16.6 Å². The molecular weight excluding hydrogens is 392 g/mol. The number of aryl methyl sites for hydroxylation is 1. The van der Waals surface area contributed by atoms with Gasteiger partial charge in [-0.05, 0) is 60.7 Å². The van der Waals surface area contributed by atoms with Crippen molar-refractivity contribution in [1.29, 1.82) is 0 Å². The van der Waals surface area contributed by atoms with Crippen LogP contribution < -0.4 is 0 Å². The molecule has 1 saturated heterocycles. The second-order valence-corrected chi connectivity index (χ2v) is 8.41. The highest BCUT2D eigenvalue weighted by atomic mass is 35.5. The minimum atomic E-state index is 0.374. The van der Waals surface area contributed by atoms with Crippen LogP contribution in [-0.2, 0) is 0 Å². The lowest BCUT2D eigenvalue weighted by Crippen LogP contribution is -2.47. The molecule has 3 heterocycles. The van der Waals surface area contributed by atoms with Crippen molar-refractivity contribution in [2.75, 3.05) is 20.1 Å². The molecule has 1 aromatic carbocycles. The highest BCUT2D eigenvalue weighted by Crippen LogP contribution is 2.33. The van der Waals surface area contributed by atoms with E-state index < -0.39 is 0 Å². The quantitative estimate of drug-likeness (QED) is 0.647. The van der Waals surface area contributed by atoms with Gasteiger partial charge < -0.3 is 9.80 Å². The third-order valence-corrected chi connectivity index (χ3v) is 6.38. The Morgan fingerprint density at radius 2 is 1.97 bits per heavy atom. The second-order valence-electron chi connectivity index (χ2n) is 8.00. The highest BCUT2D eigenvalue weighted by Gasteiger charge is 2.29. The van der Waals surface area contributed by atoms with Crippen molar-refractivity contribution in [3.8, 4) is 0 Å². The minimum absolute atomic E-state index is 0.374. The van der Waals surface area contributed by atoms with Crippen molar-refractivity contribution in [3.63, 3.8) is 0 Å². The fourth-order valence-electron chi connectivity index (χ4n) is 4.07. The number of aromatic nitrogens is 1. The molecule has 0 radical (unpaired) electrons. The van der Waals surface area contributed by atoms with E-state index in [9.17, 15) is 0 Å². The summed E-state index contributed by atoms with van der Waals surface area (Å²) in [5.74, 6) is 1.32. The molecule has 2 aliphatic heterocycles. The number of piperidine rings is 1. The van der Waals surface area contributed by atoms with Crippen LogP contribution in [0.4, 0.5) is 0 Å². The zero-order chi connectivity index (χ0) is 21.3. The minimum Gasteiger partial charge on any atom is -0.342 e. The molecule has 4 rings (SSSR count). The average molecular weight is 419 g/mol. The predicted molar refractivity (Wildman–Crippen MR) is 126 cm³/mol. The molecule has 1 aromatic heterocycles. The number of hydrogen-bond donors (Lipinski definition) is 0. The van der Waals surface area contributed by atoms with E-state index in [1.165, 1.54) is 11.1 Å². The van der Waals surface area contributed by atoms with E-state index in [0.717, 1.165) is 59.4 Å². The van der Waals surface area contributed by atoms with Gasteiger partial charge >= 0.3 is 0 Å². The zero-order valence-electron chi connectivity index (χ0n) is 17.6. The molecule has 1 atom stereocenters. The maximum atomic E-state index is 6.21. The molecule has 0 N–H and O–H groups in total. The molecule has 5 heteroatoms. The number of aliphatic imine (C=N–C) groups is 1. The summed E-state index contributed by atoms with van der Waals surface area (Å²) in [5.41, 5.74) is 6.33. The Morgan fingerprint density at radius 3 is 2.70 bits per heavy atom. The number of pyridine rings is 1. The van der Waals surface area contributed by atoms with Gasteiger partial charge in [0.05, 0.1) is 5.70 Å². The molecule has 2 aromatic rings. The van der Waals surface area contributed by atoms with Crippen molar-refractivity contribution >= 4 is 28.8 Å². The zero-order valence-corrected chi connectivity index (χ0v) is 18.4. The van der Waals surface area contributed by atoms with Crippen molar-refractivity contribution in [2.45, 2.75) is 19.8 Å². The third kappa shape index (κ3) is 4.05. The van der Waals surface area contributed by atoms with Crippen molar-refractivity contribution in [3.05, 3.63) is 89.4 Å². The SMILES string of the molecule is C=C(c1ccc(Cl)c(C)c1)C1CCCN(C2=NC(c3ccncc3)=CC(=C)N2C)C1. The molecule has 1 unspecified atom stereocenters. The number of likely N-dealkylation sites (N-methyl/N-ethyl adjacent to an activating group) is 1. The molecule has 1 fully saturated rings. The maximum absolute atomic E-state index is 6.21. The summed E-state index contributed by atoms with van der Waals surface area (Å²) in [6, 6.07) is 10.1. The first-order valence-corrected chi connectivity index (χ1v) is 10.7. The van der Waals surface area contributed by atoms with Gasteiger partial charge in [-0.2, -0.15) is 0 Å². The molecule has 0 saturated carbocycles. The van der Waals surface area contributed by atoms with Gasteiger partial charge in [-0.25, -0.2) is 4.99 Å². The van der Waals surface area contributed by atoms with Crippen LogP contribution in [0.15, 0.2) is 72.6 Å². The Balaban J connectivity index is 1.58. The summed E-state index contributed by atoms with van der Waals surface area (Å²) >= 11 is 6.21. The molecule has 0 spiro atoms. The van der Waals surface area contributed by atoms with E-state index in [1.807, 2.05) is 38.2 Å². The number of likely N-dealkylation sites (tertiary alicyclic amines) is 1. The molecule has 154 valence electrons. The number of nitrogens with zero attached hydrogens (tertiary/aromatic N) is 4. The lowest BCUT2D eigenvalue weighted by molar-refractivity contribution is 0.275. The van der Waals surface area contributed by atoms with Crippen LogP contribution in [-0.4, -0.2) is 40.9 Å². The van der Waals surface area contributed by atoms with Crippen LogP contribution >= 0.6 is 11.6 Å². The molecular formula is C25H27ClN4. The predicted octanol–water partition coefficient (Wildman–Crippen LogP) is 5.62. The number of allylic oxidation sites excluding steroid dienone is 1. The van der Waals surface area contributed by atoms with E-state index in [1.54, 1.807) is 12.4 Å². The molecule has 0 aliphatic carbocycles.